The molecule has 4 nitrogen and oxygen atoms in total. The molecule has 6 heteroatoms. The number of thiazole rings is 2. The Morgan fingerprint density at radius 3 is 1.75 bits per heavy atom. The molecule has 0 aliphatic carbocycles. The number of hydrogen-bond acceptors (Lipinski definition) is 4. The summed E-state index contributed by atoms with van der Waals surface area (Å²) in [6, 6.07) is 47.6. The number of fused-ring (bicyclic) bond motifs is 8. The molecule has 10 aromatic rings. The van der Waals surface area contributed by atoms with E-state index in [1.54, 1.807) is 22.7 Å². The van der Waals surface area contributed by atoms with Crippen LogP contribution in [0, 0.1) is 0 Å². The summed E-state index contributed by atoms with van der Waals surface area (Å²) in [7, 11) is 0. The summed E-state index contributed by atoms with van der Waals surface area (Å²) in [4.78, 5) is 10.1. The first-order valence-corrected chi connectivity index (χ1v) is 16.2. The van der Waals surface area contributed by atoms with Crippen molar-refractivity contribution < 1.29 is 0 Å². The van der Waals surface area contributed by atoms with E-state index in [9.17, 15) is 0 Å². The molecule has 4 aromatic heterocycles. The van der Waals surface area contributed by atoms with Crippen molar-refractivity contribution in [2.75, 3.05) is 0 Å². The molecule has 0 amide bonds. The second-order valence-corrected chi connectivity index (χ2v) is 13.1. The Kier molecular flexibility index (Phi) is 5.00. The van der Waals surface area contributed by atoms with Crippen LogP contribution in [0.3, 0.4) is 0 Å². The van der Waals surface area contributed by atoms with Crippen molar-refractivity contribution in [2.45, 2.75) is 0 Å². The van der Waals surface area contributed by atoms with Crippen LogP contribution in [0.5, 0.6) is 0 Å². The van der Waals surface area contributed by atoms with Crippen LogP contribution in [-0.2, 0) is 0 Å². The van der Waals surface area contributed by atoms with Gasteiger partial charge in [-0.05, 0) is 48.5 Å². The highest BCUT2D eigenvalue weighted by Gasteiger charge is 2.22. The fourth-order valence-corrected chi connectivity index (χ4v) is 8.61. The molecule has 4 heterocycles. The SMILES string of the molecule is c1ccc2sc(-c3ccc4c5ccccc5n(-n5c6ccccc6c6cccc(-c7nc8ccccc8s7)c65)c4c3)nc2c1. The van der Waals surface area contributed by atoms with Crippen LogP contribution >= 0.6 is 22.7 Å². The Bertz CT molecular complexity index is 2670. The molecule has 10 rings (SSSR count). The summed E-state index contributed by atoms with van der Waals surface area (Å²) in [6.07, 6.45) is 0. The van der Waals surface area contributed by atoms with E-state index >= 15 is 0 Å². The van der Waals surface area contributed by atoms with E-state index < -0.39 is 0 Å². The van der Waals surface area contributed by atoms with Crippen molar-refractivity contribution >= 4 is 86.7 Å². The topological polar surface area (TPSA) is 35.6 Å². The van der Waals surface area contributed by atoms with Gasteiger partial charge in [0.2, 0.25) is 0 Å². The Balaban J connectivity index is 1.35. The molecule has 0 fully saturated rings. The Morgan fingerprint density at radius 1 is 0.432 bits per heavy atom. The van der Waals surface area contributed by atoms with Crippen molar-refractivity contribution in [1.29, 1.82) is 0 Å². The second kappa shape index (κ2) is 9.10. The molecule has 44 heavy (non-hydrogen) atoms. The van der Waals surface area contributed by atoms with Crippen LogP contribution in [-0.4, -0.2) is 19.3 Å². The van der Waals surface area contributed by atoms with Gasteiger partial charge in [0, 0.05) is 32.7 Å². The zero-order chi connectivity index (χ0) is 28.8. The molecule has 0 bridgehead atoms. The van der Waals surface area contributed by atoms with Crippen LogP contribution in [0.1, 0.15) is 0 Å². The highest BCUT2D eigenvalue weighted by Crippen LogP contribution is 2.42. The van der Waals surface area contributed by atoms with Gasteiger partial charge in [0.1, 0.15) is 10.0 Å². The van der Waals surface area contributed by atoms with E-state index in [1.165, 1.54) is 30.9 Å². The molecule has 206 valence electrons. The summed E-state index contributed by atoms with van der Waals surface area (Å²) in [6.45, 7) is 0. The predicted molar refractivity (Wildman–Crippen MR) is 187 cm³/mol. The van der Waals surface area contributed by atoms with Gasteiger partial charge in [-0.25, -0.2) is 19.3 Å². The average Bonchev–Trinajstić information content (AvgIpc) is 3.85. The van der Waals surface area contributed by atoms with E-state index in [0.717, 1.165) is 54.2 Å². The van der Waals surface area contributed by atoms with E-state index in [2.05, 4.69) is 143 Å². The zero-order valence-electron chi connectivity index (χ0n) is 23.3. The van der Waals surface area contributed by atoms with Crippen molar-refractivity contribution in [2.24, 2.45) is 0 Å². The molecule has 0 atom stereocenters. The average molecular weight is 599 g/mol. The molecule has 0 N–H and O–H groups in total. The summed E-state index contributed by atoms with van der Waals surface area (Å²) < 4.78 is 7.22. The number of para-hydroxylation sites is 5. The van der Waals surface area contributed by atoms with Gasteiger partial charge in [-0.2, -0.15) is 0 Å². The van der Waals surface area contributed by atoms with Crippen molar-refractivity contribution in [1.82, 2.24) is 19.3 Å². The second-order valence-electron chi connectivity index (χ2n) is 11.1. The molecule has 0 saturated carbocycles. The highest BCUT2D eigenvalue weighted by molar-refractivity contribution is 7.22. The monoisotopic (exact) mass is 598 g/mol. The minimum Gasteiger partial charge on any atom is -0.248 e. The maximum atomic E-state index is 5.11. The third-order valence-electron chi connectivity index (χ3n) is 8.58. The van der Waals surface area contributed by atoms with Crippen LogP contribution in [0.15, 0.2) is 133 Å². The van der Waals surface area contributed by atoms with Crippen molar-refractivity contribution in [3.8, 4) is 21.1 Å². The molecular weight excluding hydrogens is 577 g/mol. The van der Waals surface area contributed by atoms with Gasteiger partial charge in [-0.3, -0.25) is 0 Å². The van der Waals surface area contributed by atoms with Gasteiger partial charge < -0.3 is 0 Å². The first kappa shape index (κ1) is 24.2. The molecule has 0 unspecified atom stereocenters. The highest BCUT2D eigenvalue weighted by atomic mass is 32.1. The predicted octanol–water partition coefficient (Wildman–Crippen LogP) is 10.8. The molecule has 0 saturated heterocycles. The number of benzene rings is 6. The molecule has 0 radical (unpaired) electrons. The van der Waals surface area contributed by atoms with E-state index in [-0.39, 0.29) is 0 Å². The molecule has 0 aliphatic heterocycles. The van der Waals surface area contributed by atoms with E-state index in [0.29, 0.717) is 0 Å². The van der Waals surface area contributed by atoms with Gasteiger partial charge in [-0.15, -0.1) is 22.7 Å². The summed E-state index contributed by atoms with van der Waals surface area (Å²) >= 11 is 3.49. The van der Waals surface area contributed by atoms with Crippen LogP contribution in [0.2, 0.25) is 0 Å². The number of aromatic nitrogens is 4. The minimum absolute atomic E-state index is 1.02. The van der Waals surface area contributed by atoms with Crippen LogP contribution in [0.4, 0.5) is 0 Å². The van der Waals surface area contributed by atoms with Crippen molar-refractivity contribution in [3.05, 3.63) is 133 Å². The standard InChI is InChI=1S/C38H22N4S2/c1-5-16-31-24(10-1)26-21-20-23(37-39-29-14-3-7-18-34(29)43-37)22-33(26)41(31)42-32-17-6-2-11-25(32)27-12-9-13-28(36(27)42)38-40-30-15-4-8-19-35(30)44-38/h1-22H. The van der Waals surface area contributed by atoms with Gasteiger partial charge >= 0.3 is 0 Å². The maximum absolute atomic E-state index is 5.11. The Labute approximate surface area is 259 Å². The van der Waals surface area contributed by atoms with E-state index in [1.807, 2.05) is 0 Å². The number of rotatable bonds is 3. The fraction of sp³-hybridized carbons (Fsp3) is 0. The zero-order valence-corrected chi connectivity index (χ0v) is 24.9. The van der Waals surface area contributed by atoms with Gasteiger partial charge in [-0.1, -0.05) is 84.9 Å². The summed E-state index contributed by atoms with van der Waals surface area (Å²) in [5.74, 6) is 0. The minimum atomic E-state index is 1.02. The Morgan fingerprint density at radius 2 is 1.00 bits per heavy atom. The summed E-state index contributed by atoms with van der Waals surface area (Å²) in [5.41, 5.74) is 8.93. The lowest BCUT2D eigenvalue weighted by Gasteiger charge is -2.15. The van der Waals surface area contributed by atoms with Gasteiger partial charge in [0.25, 0.3) is 0 Å². The lowest BCUT2D eigenvalue weighted by Crippen LogP contribution is -2.09. The lowest BCUT2D eigenvalue weighted by molar-refractivity contribution is 0.775. The molecular formula is C38H22N4S2. The Hall–Kier alpha value is -5.30. The smallest absolute Gasteiger partial charge is 0.126 e. The number of nitrogens with zero attached hydrogens (tertiary/aromatic N) is 4. The molecule has 0 aliphatic rings. The normalized spacial score (nSPS) is 12.1. The first-order valence-electron chi connectivity index (χ1n) is 14.6. The van der Waals surface area contributed by atoms with Crippen LogP contribution in [0.25, 0.3) is 85.2 Å². The molecule has 0 spiro atoms. The third-order valence-corrected chi connectivity index (χ3v) is 10.7. The van der Waals surface area contributed by atoms with Gasteiger partial charge in [0.05, 0.1) is 42.5 Å². The number of hydrogen-bond donors (Lipinski definition) is 0. The summed E-state index contributed by atoms with van der Waals surface area (Å²) in [5, 5.41) is 6.93. The van der Waals surface area contributed by atoms with E-state index in [4.69, 9.17) is 9.97 Å². The van der Waals surface area contributed by atoms with Gasteiger partial charge in [0.15, 0.2) is 0 Å². The molecule has 6 aromatic carbocycles. The van der Waals surface area contributed by atoms with Crippen molar-refractivity contribution in [3.63, 3.8) is 0 Å². The maximum Gasteiger partial charge on any atom is 0.126 e. The quantitative estimate of drug-likeness (QED) is 0.203. The third kappa shape index (κ3) is 3.38. The first-order chi connectivity index (χ1) is 21.8. The lowest BCUT2D eigenvalue weighted by atomic mass is 10.1. The van der Waals surface area contributed by atoms with Crippen LogP contribution < -0.4 is 0 Å². The largest absolute Gasteiger partial charge is 0.248 e. The fourth-order valence-electron chi connectivity index (χ4n) is 6.66.